The second-order valence-electron chi connectivity index (χ2n) is 4.84. The van der Waals surface area contributed by atoms with Crippen LogP contribution in [0.4, 0.5) is 0 Å². The predicted octanol–water partition coefficient (Wildman–Crippen LogP) is 4.01. The molecule has 0 aliphatic rings. The van der Waals surface area contributed by atoms with Crippen molar-refractivity contribution in [2.24, 2.45) is 0 Å². The van der Waals surface area contributed by atoms with E-state index in [1.165, 1.54) is 0 Å². The molecule has 0 spiro atoms. The van der Waals surface area contributed by atoms with Gasteiger partial charge in [0, 0.05) is 12.1 Å². The van der Waals surface area contributed by atoms with Gasteiger partial charge in [0.2, 0.25) is 0 Å². The van der Waals surface area contributed by atoms with Crippen LogP contribution < -0.4 is 5.32 Å². The Morgan fingerprint density at radius 1 is 1.10 bits per heavy atom. The first-order chi connectivity index (χ1) is 9.59. The number of alkyl halides is 1. The Kier molecular flexibility index (Phi) is 4.80. The summed E-state index contributed by atoms with van der Waals surface area (Å²) in [6.07, 6.45) is 0. The number of carbonyl (C=O) groups excluding carboxylic acids is 1. The highest BCUT2D eigenvalue weighted by Crippen LogP contribution is 2.19. The summed E-state index contributed by atoms with van der Waals surface area (Å²) >= 11 is 6.29. The largest absolute Gasteiger partial charge is 0.350 e. The molecule has 2 aromatic carbocycles. The van der Waals surface area contributed by atoms with Crippen LogP contribution in [0, 0.1) is 13.8 Å². The molecule has 0 saturated carbocycles. The smallest absolute Gasteiger partial charge is 0.251 e. The van der Waals surface area contributed by atoms with Crippen molar-refractivity contribution in [2.75, 3.05) is 6.54 Å². The van der Waals surface area contributed by atoms with E-state index in [9.17, 15) is 4.79 Å². The summed E-state index contributed by atoms with van der Waals surface area (Å²) in [4.78, 5) is 12.2. The van der Waals surface area contributed by atoms with E-state index in [4.69, 9.17) is 11.6 Å². The molecular formula is C17H18ClNO. The van der Waals surface area contributed by atoms with Crippen molar-refractivity contribution >= 4 is 17.5 Å². The Bertz CT molecular complexity index is 595. The van der Waals surface area contributed by atoms with Crippen molar-refractivity contribution < 1.29 is 4.79 Å². The van der Waals surface area contributed by atoms with Gasteiger partial charge in [-0.25, -0.2) is 0 Å². The molecule has 3 heteroatoms. The molecule has 2 rings (SSSR count). The van der Waals surface area contributed by atoms with E-state index in [0.29, 0.717) is 12.1 Å². The molecule has 104 valence electrons. The average Bonchev–Trinajstić information content (AvgIpc) is 2.48. The van der Waals surface area contributed by atoms with Crippen molar-refractivity contribution in [3.8, 4) is 0 Å². The highest BCUT2D eigenvalue weighted by Gasteiger charge is 2.13. The Hall–Kier alpha value is -1.80. The number of hydrogen-bond donors (Lipinski definition) is 1. The van der Waals surface area contributed by atoms with E-state index in [0.717, 1.165) is 16.7 Å². The third-order valence-corrected chi connectivity index (χ3v) is 3.86. The summed E-state index contributed by atoms with van der Waals surface area (Å²) in [7, 11) is 0. The number of aryl methyl sites for hydroxylation is 1. The lowest BCUT2D eigenvalue weighted by molar-refractivity contribution is 0.0953. The number of benzene rings is 2. The van der Waals surface area contributed by atoms with Crippen LogP contribution in [-0.2, 0) is 0 Å². The van der Waals surface area contributed by atoms with E-state index in [2.05, 4.69) is 5.32 Å². The molecule has 0 saturated heterocycles. The van der Waals surface area contributed by atoms with Crippen molar-refractivity contribution in [2.45, 2.75) is 19.2 Å². The Labute approximate surface area is 124 Å². The number of rotatable bonds is 4. The van der Waals surface area contributed by atoms with Gasteiger partial charge in [0.05, 0.1) is 5.38 Å². The maximum Gasteiger partial charge on any atom is 0.251 e. The topological polar surface area (TPSA) is 29.1 Å². The first-order valence-electron chi connectivity index (χ1n) is 6.63. The van der Waals surface area contributed by atoms with Gasteiger partial charge in [-0.15, -0.1) is 11.6 Å². The quantitative estimate of drug-likeness (QED) is 0.846. The van der Waals surface area contributed by atoms with Gasteiger partial charge in [-0.05, 0) is 36.6 Å². The van der Waals surface area contributed by atoms with E-state index in [-0.39, 0.29) is 11.3 Å². The van der Waals surface area contributed by atoms with Gasteiger partial charge >= 0.3 is 0 Å². The maximum absolute atomic E-state index is 12.2. The molecular weight excluding hydrogens is 270 g/mol. The van der Waals surface area contributed by atoms with Gasteiger partial charge in [0.25, 0.3) is 5.91 Å². The minimum Gasteiger partial charge on any atom is -0.350 e. The van der Waals surface area contributed by atoms with E-state index < -0.39 is 0 Å². The summed E-state index contributed by atoms with van der Waals surface area (Å²) < 4.78 is 0. The molecule has 0 aliphatic heterocycles. The fourth-order valence-electron chi connectivity index (χ4n) is 2.05. The van der Waals surface area contributed by atoms with Gasteiger partial charge in [0.15, 0.2) is 0 Å². The van der Waals surface area contributed by atoms with Gasteiger partial charge in [-0.3, -0.25) is 4.79 Å². The summed E-state index contributed by atoms with van der Waals surface area (Å²) in [5.74, 6) is -0.0761. The van der Waals surface area contributed by atoms with E-state index >= 15 is 0 Å². The Morgan fingerprint density at radius 3 is 2.50 bits per heavy atom. The molecule has 1 N–H and O–H groups in total. The molecule has 1 unspecified atom stereocenters. The van der Waals surface area contributed by atoms with Crippen LogP contribution in [-0.4, -0.2) is 12.5 Å². The third kappa shape index (κ3) is 3.40. The van der Waals surface area contributed by atoms with Gasteiger partial charge in [-0.1, -0.05) is 42.5 Å². The molecule has 2 aromatic rings. The number of amides is 1. The Balaban J connectivity index is 2.01. The SMILES string of the molecule is Cc1cccc(C(=O)NCC(Cl)c2ccccc2)c1C. The first-order valence-corrected chi connectivity index (χ1v) is 7.06. The molecule has 1 amide bonds. The highest BCUT2D eigenvalue weighted by atomic mass is 35.5. The standard InChI is InChI=1S/C17H18ClNO/c1-12-7-6-10-15(13(12)2)17(20)19-11-16(18)14-8-4-3-5-9-14/h3-10,16H,11H2,1-2H3,(H,19,20). The van der Waals surface area contributed by atoms with Crippen LogP contribution in [0.5, 0.6) is 0 Å². The number of hydrogen-bond acceptors (Lipinski definition) is 1. The second-order valence-corrected chi connectivity index (χ2v) is 5.36. The predicted molar refractivity (Wildman–Crippen MR) is 83.3 cm³/mol. The van der Waals surface area contributed by atoms with E-state index in [1.54, 1.807) is 0 Å². The molecule has 1 atom stereocenters. The first kappa shape index (κ1) is 14.6. The molecule has 0 bridgehead atoms. The number of nitrogens with one attached hydrogen (secondary N) is 1. The van der Waals surface area contributed by atoms with Crippen LogP contribution >= 0.6 is 11.6 Å². The summed E-state index contributed by atoms with van der Waals surface area (Å²) in [6.45, 7) is 4.37. The zero-order valence-electron chi connectivity index (χ0n) is 11.7. The average molecular weight is 288 g/mol. The van der Waals surface area contributed by atoms with Crippen molar-refractivity contribution in [3.63, 3.8) is 0 Å². The molecule has 0 fully saturated rings. The number of carbonyl (C=O) groups is 1. The van der Waals surface area contributed by atoms with Crippen LogP contribution in [0.1, 0.15) is 32.4 Å². The van der Waals surface area contributed by atoms with E-state index in [1.807, 2.05) is 62.4 Å². The maximum atomic E-state index is 12.2. The summed E-state index contributed by atoms with van der Waals surface area (Å²) in [6, 6.07) is 15.5. The fraction of sp³-hybridized carbons (Fsp3) is 0.235. The molecule has 0 heterocycles. The van der Waals surface area contributed by atoms with Crippen LogP contribution in [0.15, 0.2) is 48.5 Å². The summed E-state index contributed by atoms with van der Waals surface area (Å²) in [5.41, 5.74) is 3.84. The minimum absolute atomic E-state index is 0.0761. The second kappa shape index (κ2) is 6.58. The fourth-order valence-corrected chi connectivity index (χ4v) is 2.28. The van der Waals surface area contributed by atoms with Gasteiger partial charge in [0.1, 0.15) is 0 Å². The molecule has 2 nitrogen and oxygen atoms in total. The van der Waals surface area contributed by atoms with Gasteiger partial charge in [-0.2, -0.15) is 0 Å². The summed E-state index contributed by atoms with van der Waals surface area (Å²) in [5, 5.41) is 2.68. The monoisotopic (exact) mass is 287 g/mol. The van der Waals surface area contributed by atoms with Gasteiger partial charge < -0.3 is 5.32 Å². The molecule has 0 radical (unpaired) electrons. The lowest BCUT2D eigenvalue weighted by atomic mass is 10.0. The van der Waals surface area contributed by atoms with Crippen molar-refractivity contribution in [3.05, 3.63) is 70.8 Å². The molecule has 0 aliphatic carbocycles. The van der Waals surface area contributed by atoms with Crippen LogP contribution in [0.25, 0.3) is 0 Å². The van der Waals surface area contributed by atoms with Crippen LogP contribution in [0.2, 0.25) is 0 Å². The Morgan fingerprint density at radius 2 is 1.80 bits per heavy atom. The molecule has 0 aromatic heterocycles. The van der Waals surface area contributed by atoms with Crippen molar-refractivity contribution in [1.82, 2.24) is 5.32 Å². The minimum atomic E-state index is -0.217. The lowest BCUT2D eigenvalue weighted by Crippen LogP contribution is -2.27. The number of halogens is 1. The van der Waals surface area contributed by atoms with Crippen LogP contribution in [0.3, 0.4) is 0 Å². The highest BCUT2D eigenvalue weighted by molar-refractivity contribution is 6.21. The van der Waals surface area contributed by atoms with Crippen molar-refractivity contribution in [1.29, 1.82) is 0 Å². The third-order valence-electron chi connectivity index (χ3n) is 3.45. The molecule has 20 heavy (non-hydrogen) atoms. The normalized spacial score (nSPS) is 11.9. The lowest BCUT2D eigenvalue weighted by Gasteiger charge is -2.13. The zero-order chi connectivity index (χ0) is 14.5. The zero-order valence-corrected chi connectivity index (χ0v) is 12.4.